The molecule has 0 aliphatic heterocycles. The number of rotatable bonds is 11. The predicted molar refractivity (Wildman–Crippen MR) is 67.4 cm³/mol. The summed E-state index contributed by atoms with van der Waals surface area (Å²) in [5.41, 5.74) is 0. The maximum Gasteiger partial charge on any atom is 0.320 e. The maximum absolute atomic E-state index is 5.39. The first-order valence-corrected chi connectivity index (χ1v) is 6.31. The number of hydrogen-bond donors (Lipinski definition) is 0. The van der Waals surface area contributed by atoms with Crippen molar-refractivity contribution < 1.29 is 18.9 Å². The van der Waals surface area contributed by atoms with Gasteiger partial charge in [0, 0.05) is 6.42 Å². The standard InChI is InChI=1S/C13H26O4/c1-5-7-8-9-12(14-3)13(15-4)17-11-16-10-6-2/h5-11H2,1-4H3/b13-12-. The number of methoxy groups -OCH3 is 2. The van der Waals surface area contributed by atoms with E-state index in [2.05, 4.69) is 13.8 Å². The Morgan fingerprint density at radius 3 is 2.24 bits per heavy atom. The molecular formula is C13H26O4. The lowest BCUT2D eigenvalue weighted by molar-refractivity contribution is -0.0738. The molecule has 0 aromatic carbocycles. The maximum atomic E-state index is 5.39. The largest absolute Gasteiger partial charge is 0.494 e. The third kappa shape index (κ3) is 7.91. The van der Waals surface area contributed by atoms with Gasteiger partial charge in [0.05, 0.1) is 20.8 Å². The molecule has 0 atom stereocenters. The molecule has 0 aliphatic rings. The van der Waals surface area contributed by atoms with E-state index in [0.29, 0.717) is 12.6 Å². The molecule has 4 nitrogen and oxygen atoms in total. The van der Waals surface area contributed by atoms with Gasteiger partial charge >= 0.3 is 5.95 Å². The molecule has 0 bridgehead atoms. The summed E-state index contributed by atoms with van der Waals surface area (Å²) in [6, 6.07) is 0. The fourth-order valence-electron chi connectivity index (χ4n) is 1.37. The van der Waals surface area contributed by atoms with Gasteiger partial charge < -0.3 is 18.9 Å². The monoisotopic (exact) mass is 246 g/mol. The summed E-state index contributed by atoms with van der Waals surface area (Å²) in [4.78, 5) is 0. The van der Waals surface area contributed by atoms with Crippen molar-refractivity contribution in [3.05, 3.63) is 11.7 Å². The fraction of sp³-hybridized carbons (Fsp3) is 0.846. The number of ether oxygens (including phenoxy) is 4. The van der Waals surface area contributed by atoms with Crippen molar-refractivity contribution in [2.24, 2.45) is 0 Å². The van der Waals surface area contributed by atoms with Crippen LogP contribution in [0.25, 0.3) is 0 Å². The van der Waals surface area contributed by atoms with Crippen molar-refractivity contribution in [3.63, 3.8) is 0 Å². The van der Waals surface area contributed by atoms with Gasteiger partial charge in [-0.1, -0.05) is 26.7 Å². The Bertz CT molecular complexity index is 202. The predicted octanol–water partition coefficient (Wildman–Crippen LogP) is 3.43. The molecule has 0 aliphatic carbocycles. The zero-order valence-electron chi connectivity index (χ0n) is 11.6. The molecule has 17 heavy (non-hydrogen) atoms. The van der Waals surface area contributed by atoms with Crippen LogP contribution in [-0.2, 0) is 18.9 Å². The van der Waals surface area contributed by atoms with E-state index in [-0.39, 0.29) is 6.79 Å². The van der Waals surface area contributed by atoms with E-state index >= 15 is 0 Å². The first-order chi connectivity index (χ1) is 8.29. The summed E-state index contributed by atoms with van der Waals surface area (Å²) in [6.07, 6.45) is 5.24. The lowest BCUT2D eigenvalue weighted by atomic mass is 10.2. The molecule has 0 unspecified atom stereocenters. The summed E-state index contributed by atoms with van der Waals surface area (Å²) in [5, 5.41) is 0. The number of allylic oxidation sites excluding steroid dienone is 1. The zero-order chi connectivity index (χ0) is 12.9. The van der Waals surface area contributed by atoms with Crippen LogP contribution >= 0.6 is 0 Å². The molecular weight excluding hydrogens is 220 g/mol. The van der Waals surface area contributed by atoms with Crippen molar-refractivity contribution >= 4 is 0 Å². The van der Waals surface area contributed by atoms with Gasteiger partial charge in [-0.2, -0.15) is 0 Å². The van der Waals surface area contributed by atoms with E-state index in [0.717, 1.165) is 25.0 Å². The first kappa shape index (κ1) is 16.1. The number of hydrogen-bond acceptors (Lipinski definition) is 4. The van der Waals surface area contributed by atoms with Gasteiger partial charge in [-0.05, 0) is 12.8 Å². The third-order valence-corrected chi connectivity index (χ3v) is 2.29. The van der Waals surface area contributed by atoms with Crippen molar-refractivity contribution in [1.29, 1.82) is 0 Å². The van der Waals surface area contributed by atoms with Gasteiger partial charge in [0.25, 0.3) is 0 Å². The van der Waals surface area contributed by atoms with E-state index < -0.39 is 0 Å². The van der Waals surface area contributed by atoms with Crippen LogP contribution in [0.1, 0.15) is 46.0 Å². The van der Waals surface area contributed by atoms with E-state index in [1.165, 1.54) is 12.8 Å². The van der Waals surface area contributed by atoms with Crippen LogP contribution in [0.4, 0.5) is 0 Å². The topological polar surface area (TPSA) is 36.9 Å². The molecule has 0 spiro atoms. The van der Waals surface area contributed by atoms with Gasteiger partial charge in [0.15, 0.2) is 12.6 Å². The Kier molecular flexibility index (Phi) is 11.0. The lowest BCUT2D eigenvalue weighted by Gasteiger charge is -2.13. The molecule has 0 saturated carbocycles. The molecule has 4 heteroatoms. The molecule has 0 radical (unpaired) electrons. The average Bonchev–Trinajstić information content (AvgIpc) is 2.36. The molecule has 0 rings (SSSR count). The third-order valence-electron chi connectivity index (χ3n) is 2.29. The van der Waals surface area contributed by atoms with Crippen LogP contribution in [0.5, 0.6) is 0 Å². The molecule has 0 fully saturated rings. The van der Waals surface area contributed by atoms with Gasteiger partial charge in [0.2, 0.25) is 0 Å². The second kappa shape index (κ2) is 11.6. The summed E-state index contributed by atoms with van der Waals surface area (Å²) in [7, 11) is 3.21. The van der Waals surface area contributed by atoms with E-state index in [9.17, 15) is 0 Å². The van der Waals surface area contributed by atoms with Crippen LogP contribution in [0, 0.1) is 0 Å². The highest BCUT2D eigenvalue weighted by atomic mass is 16.7. The highest BCUT2D eigenvalue weighted by Gasteiger charge is 2.09. The van der Waals surface area contributed by atoms with Crippen LogP contribution in [0.15, 0.2) is 11.7 Å². The molecule has 0 N–H and O–H groups in total. The highest BCUT2D eigenvalue weighted by molar-refractivity contribution is 4.94. The quantitative estimate of drug-likeness (QED) is 0.318. The van der Waals surface area contributed by atoms with Gasteiger partial charge in [0.1, 0.15) is 0 Å². The summed E-state index contributed by atoms with van der Waals surface area (Å²) < 4.78 is 21.1. The smallest absolute Gasteiger partial charge is 0.320 e. The molecule has 0 saturated heterocycles. The summed E-state index contributed by atoms with van der Waals surface area (Å²) >= 11 is 0. The molecule has 102 valence electrons. The van der Waals surface area contributed by atoms with Crippen LogP contribution in [0.2, 0.25) is 0 Å². The number of unbranched alkanes of at least 4 members (excludes halogenated alkanes) is 2. The second-order valence-corrected chi connectivity index (χ2v) is 3.75. The lowest BCUT2D eigenvalue weighted by Crippen LogP contribution is -2.06. The summed E-state index contributed by atoms with van der Waals surface area (Å²) in [5.74, 6) is 1.18. The SMILES string of the molecule is CCCCC/C(OC)=C(\OC)OCOCCC. The minimum absolute atomic E-state index is 0.206. The Morgan fingerprint density at radius 1 is 0.941 bits per heavy atom. The Labute approximate surface area is 105 Å². The van der Waals surface area contributed by atoms with Crippen LogP contribution in [0.3, 0.4) is 0 Å². The second-order valence-electron chi connectivity index (χ2n) is 3.75. The fourth-order valence-corrected chi connectivity index (χ4v) is 1.37. The van der Waals surface area contributed by atoms with E-state index in [4.69, 9.17) is 18.9 Å². The first-order valence-electron chi connectivity index (χ1n) is 6.31. The highest BCUT2D eigenvalue weighted by Crippen LogP contribution is 2.16. The Morgan fingerprint density at radius 2 is 1.71 bits per heavy atom. The van der Waals surface area contributed by atoms with Crippen LogP contribution < -0.4 is 0 Å². The minimum Gasteiger partial charge on any atom is -0.494 e. The van der Waals surface area contributed by atoms with E-state index in [1.807, 2.05) is 0 Å². The normalized spacial score (nSPS) is 12.0. The van der Waals surface area contributed by atoms with Crippen LogP contribution in [-0.4, -0.2) is 27.6 Å². The van der Waals surface area contributed by atoms with Crippen molar-refractivity contribution in [2.45, 2.75) is 46.0 Å². The minimum atomic E-state index is 0.206. The van der Waals surface area contributed by atoms with Crippen molar-refractivity contribution in [2.75, 3.05) is 27.6 Å². The average molecular weight is 246 g/mol. The van der Waals surface area contributed by atoms with Gasteiger partial charge in [-0.3, -0.25) is 0 Å². The Hall–Kier alpha value is -0.900. The Balaban J connectivity index is 4.10. The molecule has 0 aromatic rings. The molecule has 0 amide bonds. The molecule has 0 heterocycles. The van der Waals surface area contributed by atoms with Gasteiger partial charge in [-0.15, -0.1) is 0 Å². The zero-order valence-corrected chi connectivity index (χ0v) is 11.6. The summed E-state index contributed by atoms with van der Waals surface area (Å²) in [6.45, 7) is 5.12. The van der Waals surface area contributed by atoms with Crippen molar-refractivity contribution in [3.8, 4) is 0 Å². The van der Waals surface area contributed by atoms with Crippen molar-refractivity contribution in [1.82, 2.24) is 0 Å². The van der Waals surface area contributed by atoms with Gasteiger partial charge in [-0.25, -0.2) is 0 Å². The molecule has 0 aromatic heterocycles. The van der Waals surface area contributed by atoms with E-state index in [1.54, 1.807) is 14.2 Å².